The SMILES string of the molecule is c1ccc(N2CCN(CCCN=C3CCNc4ccccc43)CC2)nc1. The topological polar surface area (TPSA) is 43.8 Å². The number of aliphatic imine (C=N–C) groups is 1. The van der Waals surface area contributed by atoms with Crippen LogP contribution in [0, 0.1) is 0 Å². The molecule has 1 N–H and O–H groups in total. The number of hydrogen-bond donors (Lipinski definition) is 1. The summed E-state index contributed by atoms with van der Waals surface area (Å²) in [5.74, 6) is 1.10. The average molecular weight is 349 g/mol. The Hall–Kier alpha value is -2.40. The Balaban J connectivity index is 1.23. The first-order valence-electron chi connectivity index (χ1n) is 9.65. The molecule has 4 rings (SSSR count). The summed E-state index contributed by atoms with van der Waals surface area (Å²) >= 11 is 0. The first-order chi connectivity index (χ1) is 12.9. The highest BCUT2D eigenvalue weighted by molar-refractivity contribution is 6.06. The van der Waals surface area contributed by atoms with E-state index in [4.69, 9.17) is 4.99 Å². The van der Waals surface area contributed by atoms with E-state index in [1.165, 1.54) is 17.0 Å². The smallest absolute Gasteiger partial charge is 0.128 e. The van der Waals surface area contributed by atoms with Crippen LogP contribution in [0.1, 0.15) is 18.4 Å². The number of anilines is 2. The molecule has 3 heterocycles. The van der Waals surface area contributed by atoms with E-state index in [-0.39, 0.29) is 0 Å². The van der Waals surface area contributed by atoms with Crippen LogP contribution in [0.2, 0.25) is 0 Å². The zero-order valence-electron chi connectivity index (χ0n) is 15.3. The first kappa shape index (κ1) is 17.0. The van der Waals surface area contributed by atoms with E-state index in [1.54, 1.807) is 0 Å². The van der Waals surface area contributed by atoms with Crippen LogP contribution in [0.4, 0.5) is 11.5 Å². The lowest BCUT2D eigenvalue weighted by molar-refractivity contribution is 0.256. The highest BCUT2D eigenvalue weighted by Crippen LogP contribution is 2.21. The van der Waals surface area contributed by atoms with Gasteiger partial charge in [0.1, 0.15) is 5.82 Å². The molecule has 0 unspecified atom stereocenters. The number of para-hydroxylation sites is 1. The second kappa shape index (κ2) is 8.32. The van der Waals surface area contributed by atoms with Crippen molar-refractivity contribution in [3.05, 3.63) is 54.2 Å². The molecule has 2 aliphatic heterocycles. The van der Waals surface area contributed by atoms with Gasteiger partial charge in [-0.3, -0.25) is 9.89 Å². The van der Waals surface area contributed by atoms with Gasteiger partial charge < -0.3 is 10.2 Å². The molecule has 1 fully saturated rings. The predicted molar refractivity (Wildman–Crippen MR) is 108 cm³/mol. The summed E-state index contributed by atoms with van der Waals surface area (Å²) < 4.78 is 0. The van der Waals surface area contributed by atoms with Crippen molar-refractivity contribution < 1.29 is 0 Å². The molecule has 2 aliphatic rings. The van der Waals surface area contributed by atoms with Gasteiger partial charge in [-0.2, -0.15) is 0 Å². The maximum Gasteiger partial charge on any atom is 0.128 e. The number of benzene rings is 1. The van der Waals surface area contributed by atoms with Crippen LogP contribution in [0.25, 0.3) is 0 Å². The van der Waals surface area contributed by atoms with E-state index in [0.717, 1.165) is 64.5 Å². The zero-order chi connectivity index (χ0) is 17.6. The summed E-state index contributed by atoms with van der Waals surface area (Å²) in [6.07, 6.45) is 4.03. The molecule has 136 valence electrons. The minimum atomic E-state index is 0.921. The second-order valence-corrected chi connectivity index (χ2v) is 6.92. The van der Waals surface area contributed by atoms with E-state index in [1.807, 2.05) is 12.3 Å². The summed E-state index contributed by atoms with van der Waals surface area (Å²) in [6.45, 7) is 7.39. The molecule has 1 aromatic carbocycles. The van der Waals surface area contributed by atoms with Crippen molar-refractivity contribution in [2.75, 3.05) is 56.0 Å². The number of piperazine rings is 1. The van der Waals surface area contributed by atoms with Crippen LogP contribution in [0.5, 0.6) is 0 Å². The minimum Gasteiger partial charge on any atom is -0.384 e. The number of rotatable bonds is 5. The number of nitrogens with zero attached hydrogens (tertiary/aromatic N) is 4. The van der Waals surface area contributed by atoms with E-state index in [9.17, 15) is 0 Å². The fourth-order valence-electron chi connectivity index (χ4n) is 3.75. The van der Waals surface area contributed by atoms with Crippen molar-refractivity contribution in [3.8, 4) is 0 Å². The maximum atomic E-state index is 4.90. The Kier molecular flexibility index (Phi) is 5.45. The Morgan fingerprint density at radius 3 is 2.69 bits per heavy atom. The van der Waals surface area contributed by atoms with E-state index < -0.39 is 0 Å². The third kappa shape index (κ3) is 4.05. The molecule has 2 aromatic rings. The lowest BCUT2D eigenvalue weighted by Gasteiger charge is -2.35. The standard InChI is InChI=1S/C21H27N5/c1-2-7-19-18(6-1)20(9-12-23-19)22-11-5-13-25-14-16-26(17-15-25)21-8-3-4-10-24-21/h1-4,6-8,10,23H,5,9,11-17H2. The number of aromatic nitrogens is 1. The molecular weight excluding hydrogens is 322 g/mol. The molecule has 1 saturated heterocycles. The van der Waals surface area contributed by atoms with Crippen LogP contribution >= 0.6 is 0 Å². The van der Waals surface area contributed by atoms with Crippen molar-refractivity contribution in [3.63, 3.8) is 0 Å². The lowest BCUT2D eigenvalue weighted by Crippen LogP contribution is -2.47. The monoisotopic (exact) mass is 349 g/mol. The van der Waals surface area contributed by atoms with E-state index in [0.29, 0.717) is 0 Å². The van der Waals surface area contributed by atoms with Crippen LogP contribution < -0.4 is 10.2 Å². The van der Waals surface area contributed by atoms with Crippen molar-refractivity contribution in [2.45, 2.75) is 12.8 Å². The van der Waals surface area contributed by atoms with Gasteiger partial charge in [-0.1, -0.05) is 24.3 Å². The fraction of sp³-hybridized carbons (Fsp3) is 0.429. The van der Waals surface area contributed by atoms with Gasteiger partial charge in [-0.15, -0.1) is 0 Å². The van der Waals surface area contributed by atoms with E-state index in [2.05, 4.69) is 56.5 Å². The van der Waals surface area contributed by atoms with Crippen molar-refractivity contribution in [1.82, 2.24) is 9.88 Å². The molecule has 0 atom stereocenters. The van der Waals surface area contributed by atoms with E-state index >= 15 is 0 Å². The third-order valence-corrected chi connectivity index (χ3v) is 5.20. The Morgan fingerprint density at radius 2 is 1.85 bits per heavy atom. The van der Waals surface area contributed by atoms with Gasteiger partial charge >= 0.3 is 0 Å². The summed E-state index contributed by atoms with van der Waals surface area (Å²) in [4.78, 5) is 14.3. The summed E-state index contributed by atoms with van der Waals surface area (Å²) in [5.41, 5.74) is 3.77. The summed E-state index contributed by atoms with van der Waals surface area (Å²) in [7, 11) is 0. The van der Waals surface area contributed by atoms with Crippen LogP contribution in [0.3, 0.4) is 0 Å². The highest BCUT2D eigenvalue weighted by Gasteiger charge is 2.17. The summed E-state index contributed by atoms with van der Waals surface area (Å²) in [6, 6.07) is 14.6. The largest absolute Gasteiger partial charge is 0.384 e. The number of nitrogens with one attached hydrogen (secondary N) is 1. The van der Waals surface area contributed by atoms with Gasteiger partial charge in [-0.05, 0) is 24.6 Å². The molecule has 5 heteroatoms. The molecule has 0 spiro atoms. The van der Waals surface area contributed by atoms with Crippen molar-refractivity contribution in [1.29, 1.82) is 0 Å². The van der Waals surface area contributed by atoms with Crippen molar-refractivity contribution in [2.24, 2.45) is 4.99 Å². The summed E-state index contributed by atoms with van der Waals surface area (Å²) in [5, 5.41) is 3.45. The number of fused-ring (bicyclic) bond motifs is 1. The minimum absolute atomic E-state index is 0.921. The van der Waals surface area contributed by atoms with Crippen LogP contribution in [-0.4, -0.2) is 61.4 Å². The predicted octanol–water partition coefficient (Wildman–Crippen LogP) is 2.90. The Morgan fingerprint density at radius 1 is 1.00 bits per heavy atom. The fourth-order valence-corrected chi connectivity index (χ4v) is 3.75. The normalized spacial score (nSPS) is 19.2. The second-order valence-electron chi connectivity index (χ2n) is 6.92. The first-order valence-corrected chi connectivity index (χ1v) is 9.65. The molecule has 0 aliphatic carbocycles. The molecule has 1 aromatic heterocycles. The Bertz CT molecular complexity index is 735. The van der Waals surface area contributed by atoms with Crippen LogP contribution in [0.15, 0.2) is 53.7 Å². The number of pyridine rings is 1. The molecular formula is C21H27N5. The van der Waals surface area contributed by atoms with Gasteiger partial charge in [-0.25, -0.2) is 4.98 Å². The van der Waals surface area contributed by atoms with Gasteiger partial charge in [0, 0.05) is 75.4 Å². The quantitative estimate of drug-likeness (QED) is 0.843. The van der Waals surface area contributed by atoms with Crippen molar-refractivity contribution >= 4 is 17.2 Å². The lowest BCUT2D eigenvalue weighted by atomic mass is 10.0. The molecule has 5 nitrogen and oxygen atoms in total. The van der Waals surface area contributed by atoms with Gasteiger partial charge in [0.05, 0.1) is 0 Å². The Labute approximate surface area is 155 Å². The maximum absolute atomic E-state index is 4.90. The average Bonchev–Trinajstić information content (AvgIpc) is 2.72. The van der Waals surface area contributed by atoms with Gasteiger partial charge in [0.15, 0.2) is 0 Å². The van der Waals surface area contributed by atoms with Crippen LogP contribution in [-0.2, 0) is 0 Å². The molecule has 0 radical (unpaired) electrons. The molecule has 0 saturated carbocycles. The zero-order valence-corrected chi connectivity index (χ0v) is 15.3. The van der Waals surface area contributed by atoms with Gasteiger partial charge in [0.2, 0.25) is 0 Å². The molecule has 0 amide bonds. The molecule has 0 bridgehead atoms. The third-order valence-electron chi connectivity index (χ3n) is 5.20. The highest BCUT2D eigenvalue weighted by atomic mass is 15.3. The van der Waals surface area contributed by atoms with Gasteiger partial charge in [0.25, 0.3) is 0 Å². The molecule has 26 heavy (non-hydrogen) atoms. The number of hydrogen-bond acceptors (Lipinski definition) is 5.